The van der Waals surface area contributed by atoms with Crippen LogP contribution in [0.1, 0.15) is 56.7 Å². The van der Waals surface area contributed by atoms with Crippen LogP contribution in [0.25, 0.3) is 11.1 Å². The molecule has 0 saturated carbocycles. The van der Waals surface area contributed by atoms with Crippen LogP contribution in [0.5, 0.6) is 5.75 Å². The maximum atomic E-state index is 12.8. The number of rotatable bonds is 9. The van der Waals surface area contributed by atoms with E-state index in [1.165, 1.54) is 16.0 Å². The third-order valence-corrected chi connectivity index (χ3v) is 5.84. The largest absolute Gasteiger partial charge is 0.489 e. The van der Waals surface area contributed by atoms with Crippen LogP contribution in [0.3, 0.4) is 0 Å². The number of carbonyl (C=O) groups excluding carboxylic acids is 2. The maximum absolute atomic E-state index is 12.8. The van der Waals surface area contributed by atoms with Crippen molar-refractivity contribution in [1.82, 2.24) is 4.90 Å². The van der Waals surface area contributed by atoms with Gasteiger partial charge in [-0.25, -0.2) is 0 Å². The Morgan fingerprint density at radius 3 is 2.11 bits per heavy atom. The van der Waals surface area contributed by atoms with Crippen molar-refractivity contribution in [2.45, 2.75) is 58.7 Å². The molecule has 1 atom stereocenters. The van der Waals surface area contributed by atoms with E-state index in [0.29, 0.717) is 12.4 Å². The fraction of sp³-hybridized carbons (Fsp3) is 0.355. The highest BCUT2D eigenvalue weighted by Crippen LogP contribution is 2.27. The summed E-state index contributed by atoms with van der Waals surface area (Å²) in [5.74, 6) is -0.449. The van der Waals surface area contributed by atoms with Gasteiger partial charge in [-0.3, -0.25) is 9.59 Å². The van der Waals surface area contributed by atoms with Crippen LogP contribution in [-0.2, 0) is 27.4 Å². The van der Waals surface area contributed by atoms with Gasteiger partial charge in [0.2, 0.25) is 5.91 Å². The molecule has 0 saturated heterocycles. The molecule has 3 aromatic carbocycles. The van der Waals surface area contributed by atoms with E-state index >= 15 is 0 Å². The van der Waals surface area contributed by atoms with Gasteiger partial charge >= 0.3 is 5.97 Å². The molecule has 1 unspecified atom stereocenters. The lowest BCUT2D eigenvalue weighted by molar-refractivity contribution is -0.156. The van der Waals surface area contributed by atoms with Crippen molar-refractivity contribution in [3.05, 3.63) is 89.5 Å². The summed E-state index contributed by atoms with van der Waals surface area (Å²) < 4.78 is 11.5. The third-order valence-electron chi connectivity index (χ3n) is 5.84. The highest BCUT2D eigenvalue weighted by Gasteiger charge is 2.28. The number of likely N-dealkylation sites (N-methyl/N-ethyl adjacent to an activating group) is 1. The number of aryl methyl sites for hydroxylation is 1. The predicted molar refractivity (Wildman–Crippen MR) is 144 cm³/mol. The molecule has 0 heterocycles. The molecule has 0 aliphatic rings. The van der Waals surface area contributed by atoms with Crippen LogP contribution in [-0.4, -0.2) is 36.5 Å². The molecule has 0 aliphatic heterocycles. The third kappa shape index (κ3) is 7.70. The summed E-state index contributed by atoms with van der Waals surface area (Å²) >= 11 is 0. The Kier molecular flexibility index (Phi) is 8.92. The minimum absolute atomic E-state index is 0.0134. The maximum Gasteiger partial charge on any atom is 0.307 e. The number of esters is 1. The van der Waals surface area contributed by atoms with Crippen molar-refractivity contribution in [2.75, 3.05) is 14.1 Å². The van der Waals surface area contributed by atoms with Crippen LogP contribution < -0.4 is 4.74 Å². The van der Waals surface area contributed by atoms with Crippen molar-refractivity contribution in [2.24, 2.45) is 0 Å². The lowest BCUT2D eigenvalue weighted by Gasteiger charge is -2.24. The van der Waals surface area contributed by atoms with Gasteiger partial charge in [-0.1, -0.05) is 61.5 Å². The number of hydrogen-bond acceptors (Lipinski definition) is 4. The molecule has 1 amide bonds. The molecule has 5 heteroatoms. The summed E-state index contributed by atoms with van der Waals surface area (Å²) in [6.07, 6.45) is 1.01. The summed E-state index contributed by atoms with van der Waals surface area (Å²) in [7, 11) is 3.38. The molecule has 0 fully saturated rings. The highest BCUT2D eigenvalue weighted by molar-refractivity contribution is 5.88. The second kappa shape index (κ2) is 11.9. The van der Waals surface area contributed by atoms with Gasteiger partial charge in [-0.2, -0.15) is 0 Å². The molecular formula is C31H37NO4. The topological polar surface area (TPSA) is 55.8 Å². The molecule has 0 aliphatic carbocycles. The minimum Gasteiger partial charge on any atom is -0.489 e. The Balaban J connectivity index is 1.68. The van der Waals surface area contributed by atoms with Gasteiger partial charge in [0.25, 0.3) is 0 Å². The van der Waals surface area contributed by atoms with Crippen LogP contribution in [0.4, 0.5) is 0 Å². The molecule has 0 aromatic heterocycles. The average molecular weight is 488 g/mol. The van der Waals surface area contributed by atoms with E-state index in [-0.39, 0.29) is 12.3 Å². The van der Waals surface area contributed by atoms with E-state index < -0.39 is 17.5 Å². The van der Waals surface area contributed by atoms with Gasteiger partial charge in [-0.15, -0.1) is 0 Å². The van der Waals surface area contributed by atoms with Gasteiger partial charge in [-0.05, 0) is 73.2 Å². The van der Waals surface area contributed by atoms with Crippen molar-refractivity contribution in [3.63, 3.8) is 0 Å². The highest BCUT2D eigenvalue weighted by atomic mass is 16.6. The number of amides is 1. The Morgan fingerprint density at radius 2 is 1.53 bits per heavy atom. The fourth-order valence-corrected chi connectivity index (χ4v) is 3.95. The quantitative estimate of drug-likeness (QED) is 0.328. The summed E-state index contributed by atoms with van der Waals surface area (Å²) in [6.45, 7) is 8.03. The molecule has 0 spiro atoms. The van der Waals surface area contributed by atoms with Crippen LogP contribution in [0, 0.1) is 0 Å². The number of hydrogen-bond donors (Lipinski definition) is 0. The first-order valence-electron chi connectivity index (χ1n) is 12.4. The summed E-state index contributed by atoms with van der Waals surface area (Å²) in [6, 6.07) is 24.3. The number of ether oxygens (including phenoxy) is 2. The zero-order valence-corrected chi connectivity index (χ0v) is 22.2. The predicted octanol–water partition coefficient (Wildman–Crippen LogP) is 6.40. The van der Waals surface area contributed by atoms with Crippen molar-refractivity contribution >= 4 is 11.9 Å². The second-order valence-corrected chi connectivity index (χ2v) is 10.2. The first-order chi connectivity index (χ1) is 17.1. The SMILES string of the molecule is CCc1ccc(-c2cccc(COc3ccc(C(CC(=O)OC(C)(C)C)C(=O)N(C)C)cc3)c2)cc1. The molecule has 3 aromatic rings. The Bertz CT molecular complexity index is 1160. The molecule has 3 rings (SSSR count). The Hall–Kier alpha value is -3.60. The van der Waals surface area contributed by atoms with E-state index in [1.807, 2.05) is 57.2 Å². The first-order valence-corrected chi connectivity index (χ1v) is 12.4. The molecule has 36 heavy (non-hydrogen) atoms. The Morgan fingerprint density at radius 1 is 0.861 bits per heavy atom. The molecule has 0 N–H and O–H groups in total. The smallest absolute Gasteiger partial charge is 0.307 e. The minimum atomic E-state index is -0.611. The summed E-state index contributed by atoms with van der Waals surface area (Å²) in [5.41, 5.74) is 4.88. The average Bonchev–Trinajstić information content (AvgIpc) is 2.85. The van der Waals surface area contributed by atoms with E-state index in [2.05, 4.69) is 43.3 Å². The Labute approximate surface area is 215 Å². The number of carbonyl (C=O) groups is 2. The van der Waals surface area contributed by atoms with E-state index in [4.69, 9.17) is 9.47 Å². The van der Waals surface area contributed by atoms with Gasteiger partial charge < -0.3 is 14.4 Å². The van der Waals surface area contributed by atoms with Gasteiger partial charge in [0, 0.05) is 14.1 Å². The molecule has 0 radical (unpaired) electrons. The lowest BCUT2D eigenvalue weighted by atomic mass is 9.94. The van der Waals surface area contributed by atoms with Crippen molar-refractivity contribution < 1.29 is 19.1 Å². The van der Waals surface area contributed by atoms with E-state index in [1.54, 1.807) is 14.1 Å². The van der Waals surface area contributed by atoms with Gasteiger partial charge in [0.15, 0.2) is 0 Å². The van der Waals surface area contributed by atoms with E-state index in [9.17, 15) is 9.59 Å². The fourth-order valence-electron chi connectivity index (χ4n) is 3.95. The lowest BCUT2D eigenvalue weighted by Crippen LogP contribution is -2.32. The zero-order chi connectivity index (χ0) is 26.3. The first kappa shape index (κ1) is 27.0. The second-order valence-electron chi connectivity index (χ2n) is 10.2. The molecule has 5 nitrogen and oxygen atoms in total. The number of nitrogens with zero attached hydrogens (tertiary/aromatic N) is 1. The zero-order valence-electron chi connectivity index (χ0n) is 22.2. The molecule has 190 valence electrons. The molecule has 0 bridgehead atoms. The van der Waals surface area contributed by atoms with Crippen molar-refractivity contribution in [1.29, 1.82) is 0 Å². The van der Waals surface area contributed by atoms with Crippen LogP contribution in [0.2, 0.25) is 0 Å². The summed E-state index contributed by atoms with van der Waals surface area (Å²) in [5, 5.41) is 0. The van der Waals surface area contributed by atoms with E-state index in [0.717, 1.165) is 23.1 Å². The molecular weight excluding hydrogens is 450 g/mol. The van der Waals surface area contributed by atoms with Gasteiger partial charge in [0.1, 0.15) is 18.0 Å². The van der Waals surface area contributed by atoms with Crippen molar-refractivity contribution in [3.8, 4) is 16.9 Å². The standard InChI is InChI=1S/C31H37NO4/c1-7-22-11-13-24(14-12-22)26-10-8-9-23(19-26)21-35-27-17-15-25(16-18-27)28(30(34)32(5)6)20-29(33)36-31(2,3)4/h8-19,28H,7,20-21H2,1-6H3. The van der Waals surface area contributed by atoms with Crippen LogP contribution in [0.15, 0.2) is 72.8 Å². The monoisotopic (exact) mass is 487 g/mol. The number of benzene rings is 3. The van der Waals surface area contributed by atoms with Crippen LogP contribution >= 0.6 is 0 Å². The summed E-state index contributed by atoms with van der Waals surface area (Å²) in [4.78, 5) is 26.8. The normalized spacial score (nSPS) is 12.1. The van der Waals surface area contributed by atoms with Gasteiger partial charge in [0.05, 0.1) is 12.3 Å².